The second-order valence-corrected chi connectivity index (χ2v) is 10.6. The van der Waals surface area contributed by atoms with E-state index in [-0.39, 0.29) is 11.2 Å². The van der Waals surface area contributed by atoms with Gasteiger partial charge in [-0.2, -0.15) is 5.26 Å². The highest BCUT2D eigenvalue weighted by Gasteiger charge is 2.45. The van der Waals surface area contributed by atoms with Gasteiger partial charge < -0.3 is 5.73 Å². The third-order valence-electron chi connectivity index (χ3n) is 5.60. The van der Waals surface area contributed by atoms with Crippen LogP contribution in [0, 0.1) is 23.7 Å². The van der Waals surface area contributed by atoms with Gasteiger partial charge >= 0.3 is 0 Å². The first kappa shape index (κ1) is 21.0. The Morgan fingerprint density at radius 2 is 1.97 bits per heavy atom. The van der Waals surface area contributed by atoms with Crippen LogP contribution in [-0.4, -0.2) is 5.78 Å². The highest BCUT2D eigenvalue weighted by atomic mass is 35.5. The number of nitrogens with two attached hydrogens (primary N) is 1. The molecule has 1 atom stereocenters. The smallest absolute Gasteiger partial charge is 0.162 e. The summed E-state index contributed by atoms with van der Waals surface area (Å²) in [5.41, 5.74) is 8.74. The molecule has 2 aromatic rings. The van der Waals surface area contributed by atoms with Gasteiger partial charge in [0, 0.05) is 27.4 Å². The predicted molar refractivity (Wildman–Crippen MR) is 123 cm³/mol. The normalized spacial score (nSPS) is 21.0. The molecule has 1 aliphatic carbocycles. The Bertz CT molecular complexity index is 1170. The number of nitrogens with zero attached hydrogens (tertiary/aromatic N) is 2. The van der Waals surface area contributed by atoms with Crippen molar-refractivity contribution in [2.75, 3.05) is 4.90 Å². The zero-order valence-electron chi connectivity index (χ0n) is 16.9. The molecule has 0 fully saturated rings. The van der Waals surface area contributed by atoms with E-state index in [0.29, 0.717) is 45.5 Å². The number of thiophene rings is 1. The van der Waals surface area contributed by atoms with Crippen LogP contribution in [0.5, 0.6) is 0 Å². The van der Waals surface area contributed by atoms with Crippen LogP contribution < -0.4 is 10.6 Å². The fraction of sp³-hybridized carbons (Fsp3) is 0.304. The molecule has 1 aliphatic heterocycles. The predicted octanol–water partition coefficient (Wildman–Crippen LogP) is 6.30. The van der Waals surface area contributed by atoms with Crippen LogP contribution in [0.2, 0.25) is 10.0 Å². The number of Topliss-reactive ketones (excluding diaryl/α,β-unsaturated/α-hetero) is 1. The average molecular weight is 458 g/mol. The van der Waals surface area contributed by atoms with E-state index in [1.54, 1.807) is 28.4 Å². The van der Waals surface area contributed by atoms with Crippen LogP contribution >= 0.6 is 34.5 Å². The topological polar surface area (TPSA) is 70.1 Å². The highest BCUT2D eigenvalue weighted by Crippen LogP contribution is 2.52. The lowest BCUT2D eigenvalue weighted by Crippen LogP contribution is -2.42. The van der Waals surface area contributed by atoms with Gasteiger partial charge in [0.05, 0.1) is 33.3 Å². The molecule has 7 heteroatoms. The van der Waals surface area contributed by atoms with Crippen molar-refractivity contribution in [3.05, 3.63) is 72.8 Å². The number of carbonyl (C=O) groups is 1. The molecule has 0 saturated heterocycles. The first-order valence-electron chi connectivity index (χ1n) is 9.61. The molecule has 0 saturated carbocycles. The summed E-state index contributed by atoms with van der Waals surface area (Å²) in [5.74, 6) is -0.121. The van der Waals surface area contributed by atoms with E-state index in [9.17, 15) is 10.1 Å². The lowest BCUT2D eigenvalue weighted by Gasteiger charge is -2.43. The minimum absolute atomic E-state index is 0.0423. The van der Waals surface area contributed by atoms with Crippen LogP contribution in [0.25, 0.3) is 0 Å². The molecule has 4 rings (SSSR count). The highest BCUT2D eigenvalue weighted by molar-refractivity contribution is 7.12. The van der Waals surface area contributed by atoms with E-state index in [0.717, 1.165) is 15.5 Å². The molecule has 0 spiro atoms. The number of ketones is 1. The molecular formula is C23H21Cl2N3OS. The summed E-state index contributed by atoms with van der Waals surface area (Å²) in [6.45, 7) is 6.14. The summed E-state index contributed by atoms with van der Waals surface area (Å²) in [5, 5.41) is 10.8. The molecule has 0 bridgehead atoms. The summed E-state index contributed by atoms with van der Waals surface area (Å²) in [7, 11) is 0. The van der Waals surface area contributed by atoms with Crippen molar-refractivity contribution < 1.29 is 4.79 Å². The van der Waals surface area contributed by atoms with Gasteiger partial charge in [-0.25, -0.2) is 0 Å². The first-order chi connectivity index (χ1) is 14.1. The molecule has 0 amide bonds. The van der Waals surface area contributed by atoms with Crippen LogP contribution in [-0.2, 0) is 4.79 Å². The molecule has 154 valence electrons. The van der Waals surface area contributed by atoms with Crippen LogP contribution in [0.4, 0.5) is 5.69 Å². The van der Waals surface area contributed by atoms with E-state index in [4.69, 9.17) is 28.9 Å². The van der Waals surface area contributed by atoms with Gasteiger partial charge in [0.1, 0.15) is 5.82 Å². The maximum absolute atomic E-state index is 13.4. The number of hydrogen-bond donors (Lipinski definition) is 1. The Morgan fingerprint density at radius 1 is 1.23 bits per heavy atom. The number of nitriles is 1. The molecule has 2 N–H and O–H groups in total. The monoisotopic (exact) mass is 457 g/mol. The van der Waals surface area contributed by atoms with Gasteiger partial charge in [-0.15, -0.1) is 11.3 Å². The van der Waals surface area contributed by atoms with Crippen molar-refractivity contribution in [2.24, 2.45) is 11.1 Å². The number of anilines is 1. The van der Waals surface area contributed by atoms with Crippen molar-refractivity contribution in [3.8, 4) is 6.07 Å². The number of benzene rings is 1. The van der Waals surface area contributed by atoms with E-state index < -0.39 is 5.92 Å². The largest absolute Gasteiger partial charge is 0.384 e. The summed E-state index contributed by atoms with van der Waals surface area (Å²) in [6.07, 6.45) is 1.06. The molecule has 1 unspecified atom stereocenters. The van der Waals surface area contributed by atoms with Gasteiger partial charge in [-0.05, 0) is 43.0 Å². The van der Waals surface area contributed by atoms with Crippen LogP contribution in [0.1, 0.15) is 42.4 Å². The average Bonchev–Trinajstić information content (AvgIpc) is 3.09. The number of halogens is 2. The Morgan fingerprint density at radius 3 is 2.60 bits per heavy atom. The number of hydrogen-bond acceptors (Lipinski definition) is 5. The minimum atomic E-state index is -0.457. The van der Waals surface area contributed by atoms with Gasteiger partial charge in [-0.3, -0.25) is 9.69 Å². The molecule has 2 heterocycles. The summed E-state index contributed by atoms with van der Waals surface area (Å²) >= 11 is 14.4. The summed E-state index contributed by atoms with van der Waals surface area (Å²) in [6, 6.07) is 11.6. The Labute approximate surface area is 190 Å². The second kappa shape index (κ2) is 7.46. The SMILES string of the molecule is Cc1ccc(C2C(C#N)=C(N)N(c3cccc(Cl)c3Cl)C3=C2C(=O)CC(C)(C)C3)s1. The van der Waals surface area contributed by atoms with E-state index in [1.165, 1.54) is 0 Å². The zero-order chi connectivity index (χ0) is 21.8. The number of allylic oxidation sites excluding steroid dienone is 3. The maximum atomic E-state index is 13.4. The fourth-order valence-electron chi connectivity index (χ4n) is 4.34. The van der Waals surface area contributed by atoms with Crippen molar-refractivity contribution in [3.63, 3.8) is 0 Å². The number of rotatable bonds is 2. The number of aryl methyl sites for hydroxylation is 1. The molecule has 1 aromatic carbocycles. The van der Waals surface area contributed by atoms with Crippen LogP contribution in [0.15, 0.2) is 53.0 Å². The third-order valence-corrected chi connectivity index (χ3v) is 7.47. The Hall–Kier alpha value is -2.26. The van der Waals surface area contributed by atoms with Gasteiger partial charge in [-0.1, -0.05) is 43.1 Å². The number of carbonyl (C=O) groups excluding carboxylic acids is 1. The van der Waals surface area contributed by atoms with Crippen molar-refractivity contribution in [1.82, 2.24) is 0 Å². The van der Waals surface area contributed by atoms with Crippen molar-refractivity contribution in [1.29, 1.82) is 5.26 Å². The Kier molecular flexibility index (Phi) is 5.22. The quantitative estimate of drug-likeness (QED) is 0.573. The van der Waals surface area contributed by atoms with Gasteiger partial charge in [0.2, 0.25) is 0 Å². The lowest BCUT2D eigenvalue weighted by atomic mass is 9.69. The van der Waals surface area contributed by atoms with E-state index in [2.05, 4.69) is 19.9 Å². The zero-order valence-corrected chi connectivity index (χ0v) is 19.3. The molecule has 4 nitrogen and oxygen atoms in total. The lowest BCUT2D eigenvalue weighted by molar-refractivity contribution is -0.118. The molecule has 1 aromatic heterocycles. The Balaban J connectivity index is 2.03. The first-order valence-corrected chi connectivity index (χ1v) is 11.2. The maximum Gasteiger partial charge on any atom is 0.162 e. The standard InChI is InChI=1S/C23H21Cl2N3OS/c1-12-7-8-18(30-12)19-13(11-26)22(27)28(15-6-4-5-14(24)21(15)25)16-9-23(2,3)10-17(29)20(16)19/h4-8,19H,9-10,27H2,1-3H3. The molecule has 30 heavy (non-hydrogen) atoms. The third kappa shape index (κ3) is 3.33. The van der Waals surface area contributed by atoms with Crippen molar-refractivity contribution >= 4 is 46.0 Å². The molecule has 0 radical (unpaired) electrons. The second-order valence-electron chi connectivity index (χ2n) is 8.50. The minimum Gasteiger partial charge on any atom is -0.384 e. The van der Waals surface area contributed by atoms with Crippen molar-refractivity contribution in [2.45, 2.75) is 39.5 Å². The van der Waals surface area contributed by atoms with E-state index in [1.807, 2.05) is 25.1 Å². The van der Waals surface area contributed by atoms with Gasteiger partial charge in [0.25, 0.3) is 0 Å². The molecular weight excluding hydrogens is 437 g/mol. The summed E-state index contributed by atoms with van der Waals surface area (Å²) in [4.78, 5) is 17.2. The molecule has 2 aliphatic rings. The van der Waals surface area contributed by atoms with Crippen LogP contribution in [0.3, 0.4) is 0 Å². The summed E-state index contributed by atoms with van der Waals surface area (Å²) < 4.78 is 0. The van der Waals surface area contributed by atoms with E-state index >= 15 is 0 Å². The fourth-order valence-corrected chi connectivity index (χ4v) is 5.72. The van der Waals surface area contributed by atoms with Gasteiger partial charge in [0.15, 0.2) is 5.78 Å².